The monoisotopic (exact) mass is 315 g/mol. The number of thiophene rings is 1. The number of carbonyl (C=O) groups excluding carboxylic acids is 1. The first-order chi connectivity index (χ1) is 8.06. The molecule has 4 nitrogen and oxygen atoms in total. The minimum Gasteiger partial charge on any atom is -0.481 e. The van der Waals surface area contributed by atoms with Crippen molar-refractivity contribution in [2.45, 2.75) is 0 Å². The molecule has 1 aromatic heterocycles. The number of carbonyl (C=O) groups is 2. The summed E-state index contributed by atoms with van der Waals surface area (Å²) >= 11 is 4.88. The van der Waals surface area contributed by atoms with Crippen LogP contribution in [0, 0.1) is 5.92 Å². The molecule has 0 radical (unpaired) electrons. The molecule has 1 aliphatic heterocycles. The van der Waals surface area contributed by atoms with E-state index in [4.69, 9.17) is 5.11 Å². The van der Waals surface area contributed by atoms with E-state index in [-0.39, 0.29) is 5.91 Å². The van der Waals surface area contributed by atoms with Gasteiger partial charge in [0.25, 0.3) is 0 Å². The number of hydrogen-bond donors (Lipinski definition) is 1. The van der Waals surface area contributed by atoms with Gasteiger partial charge in [-0.25, -0.2) is 0 Å². The minimum absolute atomic E-state index is 0.132. The number of nitrogens with zero attached hydrogens (tertiary/aromatic N) is 1. The van der Waals surface area contributed by atoms with Crippen LogP contribution in [-0.4, -0.2) is 35.0 Å². The maximum absolute atomic E-state index is 11.6. The molecule has 1 saturated heterocycles. The van der Waals surface area contributed by atoms with E-state index < -0.39 is 11.9 Å². The molecule has 17 heavy (non-hydrogen) atoms. The van der Waals surface area contributed by atoms with Crippen molar-refractivity contribution in [2.75, 3.05) is 13.1 Å². The highest BCUT2D eigenvalue weighted by Crippen LogP contribution is 2.23. The molecular weight excluding hydrogens is 306 g/mol. The summed E-state index contributed by atoms with van der Waals surface area (Å²) in [7, 11) is 0. The Morgan fingerprint density at radius 3 is 2.71 bits per heavy atom. The fourth-order valence-electron chi connectivity index (χ4n) is 1.49. The van der Waals surface area contributed by atoms with E-state index in [1.54, 1.807) is 6.08 Å². The average molecular weight is 316 g/mol. The van der Waals surface area contributed by atoms with E-state index in [1.807, 2.05) is 12.1 Å². The zero-order valence-electron chi connectivity index (χ0n) is 8.80. The van der Waals surface area contributed by atoms with Gasteiger partial charge in [0.15, 0.2) is 0 Å². The topological polar surface area (TPSA) is 57.6 Å². The summed E-state index contributed by atoms with van der Waals surface area (Å²) in [6, 6.07) is 3.83. The van der Waals surface area contributed by atoms with Crippen molar-refractivity contribution in [3.63, 3.8) is 0 Å². The summed E-state index contributed by atoms with van der Waals surface area (Å²) in [5.41, 5.74) is 0. The lowest BCUT2D eigenvalue weighted by Gasteiger charge is -2.35. The molecule has 0 saturated carbocycles. The summed E-state index contributed by atoms with van der Waals surface area (Å²) in [6.45, 7) is 0.624. The van der Waals surface area contributed by atoms with Gasteiger partial charge in [-0.3, -0.25) is 9.59 Å². The van der Waals surface area contributed by atoms with Gasteiger partial charge in [0.1, 0.15) is 0 Å². The molecule has 0 unspecified atom stereocenters. The Balaban J connectivity index is 1.87. The van der Waals surface area contributed by atoms with Gasteiger partial charge in [0.05, 0.1) is 9.70 Å². The molecule has 1 amide bonds. The molecule has 0 atom stereocenters. The fraction of sp³-hybridized carbons (Fsp3) is 0.273. The highest BCUT2D eigenvalue weighted by Gasteiger charge is 2.34. The predicted octanol–water partition coefficient (Wildman–Crippen LogP) is 2.07. The van der Waals surface area contributed by atoms with Crippen LogP contribution < -0.4 is 0 Å². The smallest absolute Gasteiger partial charge is 0.310 e. The van der Waals surface area contributed by atoms with Crippen LogP contribution in [0.2, 0.25) is 0 Å². The Kier molecular flexibility index (Phi) is 3.63. The largest absolute Gasteiger partial charge is 0.481 e. The molecule has 1 N–H and O–H groups in total. The summed E-state index contributed by atoms with van der Waals surface area (Å²) in [5, 5.41) is 8.68. The van der Waals surface area contributed by atoms with Gasteiger partial charge in [0.2, 0.25) is 5.91 Å². The lowest BCUT2D eigenvalue weighted by atomic mass is 10.0. The highest BCUT2D eigenvalue weighted by molar-refractivity contribution is 9.11. The zero-order chi connectivity index (χ0) is 12.4. The molecule has 2 heterocycles. The molecule has 1 aliphatic rings. The summed E-state index contributed by atoms with van der Waals surface area (Å²) in [6.07, 6.45) is 3.22. The van der Waals surface area contributed by atoms with E-state index in [1.165, 1.54) is 22.3 Å². The van der Waals surface area contributed by atoms with Crippen LogP contribution in [0.1, 0.15) is 4.88 Å². The molecule has 0 aromatic carbocycles. The van der Waals surface area contributed by atoms with Crippen LogP contribution in [0.25, 0.3) is 6.08 Å². The molecule has 1 aromatic rings. The van der Waals surface area contributed by atoms with Gasteiger partial charge in [-0.15, -0.1) is 11.3 Å². The van der Waals surface area contributed by atoms with Crippen molar-refractivity contribution in [2.24, 2.45) is 5.92 Å². The lowest BCUT2D eigenvalue weighted by molar-refractivity contribution is -0.151. The van der Waals surface area contributed by atoms with E-state index in [0.717, 1.165) is 8.66 Å². The molecule has 6 heteroatoms. The number of hydrogen-bond acceptors (Lipinski definition) is 3. The van der Waals surface area contributed by atoms with E-state index in [2.05, 4.69) is 15.9 Å². The fourth-order valence-corrected chi connectivity index (χ4v) is 2.82. The number of amides is 1. The summed E-state index contributed by atoms with van der Waals surface area (Å²) in [5.74, 6) is -1.37. The Morgan fingerprint density at radius 2 is 2.18 bits per heavy atom. The number of carboxylic acid groups (broad SMARTS) is 1. The number of carboxylic acids is 1. The Bertz CT molecular complexity index is 477. The second-order valence-electron chi connectivity index (χ2n) is 3.75. The van der Waals surface area contributed by atoms with Crippen molar-refractivity contribution in [1.82, 2.24) is 4.90 Å². The molecular formula is C11H10BrNO3S. The first-order valence-electron chi connectivity index (χ1n) is 5.01. The van der Waals surface area contributed by atoms with Crippen molar-refractivity contribution >= 4 is 45.2 Å². The van der Waals surface area contributed by atoms with Crippen molar-refractivity contribution < 1.29 is 14.7 Å². The summed E-state index contributed by atoms with van der Waals surface area (Å²) < 4.78 is 1.01. The zero-order valence-corrected chi connectivity index (χ0v) is 11.2. The SMILES string of the molecule is O=C(O)C1CN(C(=O)C=Cc2ccc(Br)s2)C1. The van der Waals surface area contributed by atoms with E-state index in [9.17, 15) is 9.59 Å². The quantitative estimate of drug-likeness (QED) is 0.869. The molecule has 2 rings (SSSR count). The molecule has 1 fully saturated rings. The molecule has 90 valence electrons. The number of aliphatic carboxylic acids is 1. The third kappa shape index (κ3) is 2.95. The normalized spacial score (nSPS) is 16.2. The first-order valence-corrected chi connectivity index (χ1v) is 6.62. The van der Waals surface area contributed by atoms with Gasteiger partial charge in [0, 0.05) is 24.0 Å². The van der Waals surface area contributed by atoms with Crippen LogP contribution in [0.15, 0.2) is 22.0 Å². The van der Waals surface area contributed by atoms with Gasteiger partial charge >= 0.3 is 5.97 Å². The highest BCUT2D eigenvalue weighted by atomic mass is 79.9. The van der Waals surface area contributed by atoms with Crippen LogP contribution in [0.3, 0.4) is 0 Å². The van der Waals surface area contributed by atoms with Crippen LogP contribution in [0.5, 0.6) is 0 Å². The minimum atomic E-state index is -0.833. The third-order valence-corrected chi connectivity index (χ3v) is 4.12. The Labute approximate surface area is 111 Å². The third-order valence-electron chi connectivity index (χ3n) is 2.53. The second-order valence-corrected chi connectivity index (χ2v) is 6.25. The standard InChI is InChI=1S/C11H10BrNO3S/c12-9-3-1-8(17-9)2-4-10(14)13-5-7(6-13)11(15)16/h1-4,7H,5-6H2,(H,15,16). The number of rotatable bonds is 3. The predicted molar refractivity (Wildman–Crippen MR) is 68.8 cm³/mol. The number of likely N-dealkylation sites (tertiary alicyclic amines) is 1. The van der Waals surface area contributed by atoms with Gasteiger partial charge in [-0.2, -0.15) is 0 Å². The van der Waals surface area contributed by atoms with Gasteiger partial charge in [-0.05, 0) is 34.1 Å². The summed E-state index contributed by atoms with van der Waals surface area (Å²) in [4.78, 5) is 24.7. The van der Waals surface area contributed by atoms with Crippen molar-refractivity contribution in [1.29, 1.82) is 0 Å². The van der Waals surface area contributed by atoms with Crippen molar-refractivity contribution in [3.05, 3.63) is 26.9 Å². The Hall–Kier alpha value is -1.14. The van der Waals surface area contributed by atoms with E-state index >= 15 is 0 Å². The van der Waals surface area contributed by atoms with Crippen LogP contribution in [0.4, 0.5) is 0 Å². The van der Waals surface area contributed by atoms with Crippen LogP contribution >= 0.6 is 27.3 Å². The number of halogens is 1. The maximum atomic E-state index is 11.6. The first kappa shape index (κ1) is 12.3. The van der Waals surface area contributed by atoms with Gasteiger partial charge < -0.3 is 10.0 Å². The maximum Gasteiger partial charge on any atom is 0.310 e. The van der Waals surface area contributed by atoms with Crippen molar-refractivity contribution in [3.8, 4) is 0 Å². The average Bonchev–Trinajstić information content (AvgIpc) is 2.58. The van der Waals surface area contributed by atoms with Crippen LogP contribution in [-0.2, 0) is 9.59 Å². The lowest BCUT2D eigenvalue weighted by Crippen LogP contribution is -2.52. The van der Waals surface area contributed by atoms with Gasteiger partial charge in [-0.1, -0.05) is 0 Å². The molecule has 0 aliphatic carbocycles. The Morgan fingerprint density at radius 1 is 1.47 bits per heavy atom. The molecule has 0 spiro atoms. The second kappa shape index (κ2) is 5.01. The molecule has 0 bridgehead atoms. The van der Waals surface area contributed by atoms with E-state index in [0.29, 0.717) is 13.1 Å².